The van der Waals surface area contributed by atoms with Gasteiger partial charge in [-0.3, -0.25) is 9.79 Å². The Bertz CT molecular complexity index is 396. The normalized spacial score (nSPS) is 25.3. The third-order valence-corrected chi connectivity index (χ3v) is 5.03. The SMILES string of the molecule is CCNC(=NCCNC(=O)C1CC1)NC1CCC(C(C)C)CC1. The molecule has 0 atom stereocenters. The Morgan fingerprint density at radius 1 is 1.09 bits per heavy atom. The molecule has 132 valence electrons. The minimum absolute atomic E-state index is 0.199. The lowest BCUT2D eigenvalue weighted by atomic mass is 9.80. The van der Waals surface area contributed by atoms with Crippen LogP contribution < -0.4 is 16.0 Å². The van der Waals surface area contributed by atoms with Crippen LogP contribution in [0.3, 0.4) is 0 Å². The molecule has 3 N–H and O–H groups in total. The van der Waals surface area contributed by atoms with Gasteiger partial charge in [0.25, 0.3) is 0 Å². The molecule has 2 aliphatic rings. The molecule has 2 saturated carbocycles. The predicted octanol–water partition coefficient (Wildman–Crippen LogP) is 2.28. The van der Waals surface area contributed by atoms with Crippen molar-refractivity contribution >= 4 is 11.9 Å². The van der Waals surface area contributed by atoms with E-state index in [4.69, 9.17) is 0 Å². The molecule has 0 radical (unpaired) electrons. The van der Waals surface area contributed by atoms with Crippen molar-refractivity contribution in [2.24, 2.45) is 22.7 Å². The van der Waals surface area contributed by atoms with Gasteiger partial charge in [0.2, 0.25) is 5.91 Å². The number of aliphatic imine (C=N–C) groups is 1. The molecule has 5 nitrogen and oxygen atoms in total. The minimum atomic E-state index is 0.199. The number of nitrogens with zero attached hydrogens (tertiary/aromatic N) is 1. The maximum Gasteiger partial charge on any atom is 0.223 e. The molecule has 0 aromatic carbocycles. The van der Waals surface area contributed by atoms with Crippen LogP contribution in [0.5, 0.6) is 0 Å². The maximum atomic E-state index is 11.6. The van der Waals surface area contributed by atoms with Gasteiger partial charge in [0, 0.05) is 25.0 Å². The smallest absolute Gasteiger partial charge is 0.223 e. The quantitative estimate of drug-likeness (QED) is 0.383. The van der Waals surface area contributed by atoms with E-state index in [1.165, 1.54) is 25.7 Å². The summed E-state index contributed by atoms with van der Waals surface area (Å²) in [5.74, 6) is 3.05. The Hall–Kier alpha value is -1.26. The van der Waals surface area contributed by atoms with Crippen LogP contribution in [0, 0.1) is 17.8 Å². The Morgan fingerprint density at radius 3 is 2.35 bits per heavy atom. The molecule has 2 rings (SSSR count). The molecule has 2 aliphatic carbocycles. The first kappa shape index (κ1) is 18.1. The summed E-state index contributed by atoms with van der Waals surface area (Å²) in [7, 11) is 0. The van der Waals surface area contributed by atoms with E-state index in [2.05, 4.69) is 41.7 Å². The second kappa shape index (κ2) is 9.14. The fraction of sp³-hybridized carbons (Fsp3) is 0.889. The predicted molar refractivity (Wildman–Crippen MR) is 95.4 cm³/mol. The van der Waals surface area contributed by atoms with Crippen LogP contribution in [0.15, 0.2) is 4.99 Å². The maximum absolute atomic E-state index is 11.6. The summed E-state index contributed by atoms with van der Waals surface area (Å²) >= 11 is 0. The van der Waals surface area contributed by atoms with Gasteiger partial charge in [-0.15, -0.1) is 0 Å². The summed E-state index contributed by atoms with van der Waals surface area (Å²) in [6.45, 7) is 8.88. The zero-order valence-corrected chi connectivity index (χ0v) is 15.0. The number of carbonyl (C=O) groups is 1. The molecule has 0 saturated heterocycles. The zero-order chi connectivity index (χ0) is 16.7. The van der Waals surface area contributed by atoms with Crippen molar-refractivity contribution in [2.75, 3.05) is 19.6 Å². The van der Waals surface area contributed by atoms with E-state index < -0.39 is 0 Å². The highest BCUT2D eigenvalue weighted by molar-refractivity contribution is 5.81. The van der Waals surface area contributed by atoms with Crippen molar-refractivity contribution in [1.29, 1.82) is 0 Å². The summed E-state index contributed by atoms with van der Waals surface area (Å²) in [6.07, 6.45) is 7.19. The first-order valence-electron chi connectivity index (χ1n) is 9.42. The lowest BCUT2D eigenvalue weighted by Gasteiger charge is -2.32. The number of carbonyl (C=O) groups excluding carboxylic acids is 1. The summed E-state index contributed by atoms with van der Waals surface area (Å²) in [5.41, 5.74) is 0. The molecule has 0 bridgehead atoms. The molecule has 1 amide bonds. The van der Waals surface area contributed by atoms with Gasteiger partial charge < -0.3 is 16.0 Å². The van der Waals surface area contributed by atoms with Crippen molar-refractivity contribution < 1.29 is 4.79 Å². The van der Waals surface area contributed by atoms with E-state index in [9.17, 15) is 4.79 Å². The third-order valence-electron chi connectivity index (χ3n) is 5.03. The first-order chi connectivity index (χ1) is 11.1. The van der Waals surface area contributed by atoms with E-state index in [1.807, 2.05) is 0 Å². The van der Waals surface area contributed by atoms with Crippen LogP contribution >= 0.6 is 0 Å². The fourth-order valence-corrected chi connectivity index (χ4v) is 3.28. The summed E-state index contributed by atoms with van der Waals surface area (Å²) in [5, 5.41) is 9.84. The monoisotopic (exact) mass is 322 g/mol. The van der Waals surface area contributed by atoms with Crippen molar-refractivity contribution in [2.45, 2.75) is 65.3 Å². The summed E-state index contributed by atoms with van der Waals surface area (Å²) < 4.78 is 0. The van der Waals surface area contributed by atoms with Gasteiger partial charge in [-0.2, -0.15) is 0 Å². The van der Waals surface area contributed by atoms with E-state index in [-0.39, 0.29) is 11.8 Å². The average molecular weight is 322 g/mol. The highest BCUT2D eigenvalue weighted by Crippen LogP contribution is 2.30. The standard InChI is InChI=1S/C18H34N4O/c1-4-19-18(21-12-11-20-17(23)15-5-6-15)22-16-9-7-14(8-10-16)13(2)3/h13-16H,4-12H2,1-3H3,(H,20,23)(H2,19,21,22). The number of hydrogen-bond donors (Lipinski definition) is 3. The number of guanidine groups is 1. The number of amides is 1. The van der Waals surface area contributed by atoms with Crippen LogP contribution in [-0.4, -0.2) is 37.5 Å². The molecule has 0 unspecified atom stereocenters. The number of nitrogens with one attached hydrogen (secondary N) is 3. The molecular formula is C18H34N4O. The van der Waals surface area contributed by atoms with Crippen LogP contribution in [0.1, 0.15) is 59.3 Å². The van der Waals surface area contributed by atoms with Gasteiger partial charge >= 0.3 is 0 Å². The Labute approximate surface area is 141 Å². The molecule has 0 spiro atoms. The second-order valence-corrected chi connectivity index (χ2v) is 7.33. The van der Waals surface area contributed by atoms with Gasteiger partial charge in [-0.05, 0) is 57.3 Å². The Kier molecular flexibility index (Phi) is 7.18. The summed E-state index contributed by atoms with van der Waals surface area (Å²) in [6, 6.07) is 0.531. The van der Waals surface area contributed by atoms with Crippen molar-refractivity contribution in [3.05, 3.63) is 0 Å². The zero-order valence-electron chi connectivity index (χ0n) is 15.0. The highest BCUT2D eigenvalue weighted by atomic mass is 16.2. The average Bonchev–Trinajstić information content (AvgIpc) is 3.37. The lowest BCUT2D eigenvalue weighted by Crippen LogP contribution is -2.45. The Morgan fingerprint density at radius 2 is 1.78 bits per heavy atom. The van der Waals surface area contributed by atoms with Crippen LogP contribution in [-0.2, 0) is 4.79 Å². The Balaban J connectivity index is 1.69. The molecular weight excluding hydrogens is 288 g/mol. The minimum Gasteiger partial charge on any atom is -0.357 e. The van der Waals surface area contributed by atoms with E-state index >= 15 is 0 Å². The fourth-order valence-electron chi connectivity index (χ4n) is 3.28. The van der Waals surface area contributed by atoms with E-state index in [0.29, 0.717) is 19.1 Å². The van der Waals surface area contributed by atoms with Crippen LogP contribution in [0.25, 0.3) is 0 Å². The summed E-state index contributed by atoms with van der Waals surface area (Å²) in [4.78, 5) is 16.2. The van der Waals surface area contributed by atoms with E-state index in [0.717, 1.165) is 37.2 Å². The van der Waals surface area contributed by atoms with Gasteiger partial charge in [-0.25, -0.2) is 0 Å². The molecule has 0 heterocycles. The lowest BCUT2D eigenvalue weighted by molar-refractivity contribution is -0.122. The van der Waals surface area contributed by atoms with Crippen LogP contribution in [0.4, 0.5) is 0 Å². The first-order valence-corrected chi connectivity index (χ1v) is 9.42. The molecule has 2 fully saturated rings. The van der Waals surface area contributed by atoms with Gasteiger partial charge in [0.15, 0.2) is 5.96 Å². The molecule has 0 aromatic heterocycles. The van der Waals surface area contributed by atoms with Crippen molar-refractivity contribution in [3.8, 4) is 0 Å². The van der Waals surface area contributed by atoms with Crippen molar-refractivity contribution in [1.82, 2.24) is 16.0 Å². The molecule has 0 aliphatic heterocycles. The van der Waals surface area contributed by atoms with Gasteiger partial charge in [0.1, 0.15) is 0 Å². The number of hydrogen-bond acceptors (Lipinski definition) is 2. The third kappa shape index (κ3) is 6.40. The highest BCUT2D eigenvalue weighted by Gasteiger charge is 2.29. The molecule has 23 heavy (non-hydrogen) atoms. The van der Waals surface area contributed by atoms with Crippen LogP contribution in [0.2, 0.25) is 0 Å². The second-order valence-electron chi connectivity index (χ2n) is 7.33. The largest absolute Gasteiger partial charge is 0.357 e. The molecule has 5 heteroatoms. The topological polar surface area (TPSA) is 65.5 Å². The van der Waals surface area contributed by atoms with E-state index in [1.54, 1.807) is 0 Å². The van der Waals surface area contributed by atoms with Gasteiger partial charge in [-0.1, -0.05) is 13.8 Å². The van der Waals surface area contributed by atoms with Gasteiger partial charge in [0.05, 0.1) is 6.54 Å². The molecule has 0 aromatic rings. The number of rotatable bonds is 7. The van der Waals surface area contributed by atoms with Crippen molar-refractivity contribution in [3.63, 3.8) is 0 Å².